The maximum atomic E-state index is 13.5. The van der Waals surface area contributed by atoms with E-state index in [0.717, 1.165) is 16.1 Å². The molecule has 0 aromatic heterocycles. The van der Waals surface area contributed by atoms with Gasteiger partial charge in [-0.25, -0.2) is 16.8 Å². The van der Waals surface area contributed by atoms with Crippen LogP contribution in [-0.4, -0.2) is 35.5 Å². The van der Waals surface area contributed by atoms with Crippen LogP contribution in [0.4, 0.5) is 5.69 Å². The van der Waals surface area contributed by atoms with Gasteiger partial charge in [0.05, 0.1) is 31.6 Å². The quantitative estimate of drug-likeness (QED) is 0.431. The number of carbonyl (C=O) groups excluding carboxylic acids is 1. The first-order valence-electron chi connectivity index (χ1n) is 10.4. The molecule has 0 aliphatic rings. The van der Waals surface area contributed by atoms with Crippen LogP contribution in [0.15, 0.2) is 76.5 Å². The molecule has 35 heavy (non-hydrogen) atoms. The fourth-order valence-corrected chi connectivity index (χ4v) is 5.84. The van der Waals surface area contributed by atoms with Gasteiger partial charge in [0.25, 0.3) is 10.0 Å². The van der Waals surface area contributed by atoms with Gasteiger partial charge in [0.2, 0.25) is 5.91 Å². The number of sulfone groups is 1. The molecule has 1 amide bonds. The average Bonchev–Trinajstić information content (AvgIpc) is 2.79. The third-order valence-corrected chi connectivity index (χ3v) is 8.99. The van der Waals surface area contributed by atoms with E-state index < -0.39 is 38.4 Å². The van der Waals surface area contributed by atoms with E-state index in [1.807, 2.05) is 6.92 Å². The fourth-order valence-electron chi connectivity index (χ4n) is 3.33. The number of hydrogen-bond acceptors (Lipinski definition) is 5. The lowest BCUT2D eigenvalue weighted by Gasteiger charge is -2.26. The summed E-state index contributed by atoms with van der Waals surface area (Å²) in [6.07, 6.45) is 1.11. The normalized spacial score (nSPS) is 12.7. The second kappa shape index (κ2) is 10.6. The molecule has 186 valence electrons. The Bertz CT molecular complexity index is 1440. The lowest BCUT2D eigenvalue weighted by atomic mass is 10.1. The molecule has 0 aliphatic carbocycles. The molecular formula is C24H24Cl2N2O5S2. The van der Waals surface area contributed by atoms with Crippen LogP contribution in [-0.2, 0) is 24.7 Å². The fraction of sp³-hybridized carbons (Fsp3) is 0.208. The molecule has 0 heterocycles. The molecule has 0 radical (unpaired) electrons. The summed E-state index contributed by atoms with van der Waals surface area (Å²) in [7, 11) is -7.52. The molecule has 1 N–H and O–H groups in total. The molecular weight excluding hydrogens is 531 g/mol. The van der Waals surface area contributed by atoms with Crippen LogP contribution in [0, 0.1) is 6.92 Å². The third kappa shape index (κ3) is 6.35. The summed E-state index contributed by atoms with van der Waals surface area (Å²) in [5.74, 6) is -0.587. The average molecular weight is 556 g/mol. The highest BCUT2D eigenvalue weighted by Crippen LogP contribution is 2.35. The molecule has 3 aromatic rings. The van der Waals surface area contributed by atoms with E-state index in [1.165, 1.54) is 36.4 Å². The first-order chi connectivity index (χ1) is 16.3. The molecule has 0 fully saturated rings. The Morgan fingerprint density at radius 2 is 1.49 bits per heavy atom. The van der Waals surface area contributed by atoms with Crippen LogP contribution in [0.1, 0.15) is 24.1 Å². The van der Waals surface area contributed by atoms with Gasteiger partial charge in [0.15, 0.2) is 9.84 Å². The molecule has 11 heteroatoms. The van der Waals surface area contributed by atoms with Crippen LogP contribution in [0.25, 0.3) is 0 Å². The molecule has 0 bridgehead atoms. The summed E-state index contributed by atoms with van der Waals surface area (Å²) in [6.45, 7) is 2.99. The number of benzene rings is 3. The standard InChI is InChI=1S/C24H24Cl2N2O5S2/c1-16-7-11-20(12-8-16)35(32,33)28(22-6-4-5-21(25)24(22)26)15-23(29)27-17(2)18-9-13-19(14-10-18)34(3,30)31/h4-14,17H,15H2,1-3H3,(H,27,29)/t17-/m0/s1. The second-order valence-electron chi connectivity index (χ2n) is 8.03. The Hall–Kier alpha value is -2.59. The van der Waals surface area contributed by atoms with Gasteiger partial charge in [-0.3, -0.25) is 9.10 Å². The summed E-state index contributed by atoms with van der Waals surface area (Å²) in [5, 5.41) is 2.90. The Labute approximate surface area is 215 Å². The lowest BCUT2D eigenvalue weighted by molar-refractivity contribution is -0.120. The van der Waals surface area contributed by atoms with Crippen molar-refractivity contribution in [2.45, 2.75) is 29.7 Å². The van der Waals surface area contributed by atoms with Crippen molar-refractivity contribution in [2.24, 2.45) is 0 Å². The first kappa shape index (κ1) is 27.0. The van der Waals surface area contributed by atoms with Crippen molar-refractivity contribution in [3.63, 3.8) is 0 Å². The van der Waals surface area contributed by atoms with Crippen molar-refractivity contribution in [2.75, 3.05) is 17.1 Å². The highest BCUT2D eigenvalue weighted by atomic mass is 35.5. The lowest BCUT2D eigenvalue weighted by Crippen LogP contribution is -2.41. The van der Waals surface area contributed by atoms with Gasteiger partial charge in [-0.2, -0.15) is 0 Å². The highest BCUT2D eigenvalue weighted by molar-refractivity contribution is 7.93. The van der Waals surface area contributed by atoms with E-state index in [9.17, 15) is 21.6 Å². The number of carbonyl (C=O) groups is 1. The molecule has 0 saturated heterocycles. The van der Waals surface area contributed by atoms with Crippen molar-refractivity contribution < 1.29 is 21.6 Å². The molecule has 3 rings (SSSR count). The zero-order valence-corrected chi connectivity index (χ0v) is 22.3. The van der Waals surface area contributed by atoms with Gasteiger partial charge in [0, 0.05) is 6.26 Å². The SMILES string of the molecule is Cc1ccc(S(=O)(=O)N(CC(=O)N[C@@H](C)c2ccc(S(C)(=O)=O)cc2)c2cccc(Cl)c2Cl)cc1. The maximum Gasteiger partial charge on any atom is 0.264 e. The van der Waals surface area contributed by atoms with Crippen molar-refractivity contribution in [1.82, 2.24) is 5.32 Å². The van der Waals surface area contributed by atoms with E-state index in [2.05, 4.69) is 5.32 Å². The predicted octanol–water partition coefficient (Wildman–Crippen LogP) is 4.78. The largest absolute Gasteiger partial charge is 0.348 e. The van der Waals surface area contributed by atoms with Gasteiger partial charge in [-0.1, -0.05) is 59.1 Å². The van der Waals surface area contributed by atoms with Gasteiger partial charge in [0.1, 0.15) is 6.54 Å². The number of nitrogens with zero attached hydrogens (tertiary/aromatic N) is 1. The van der Waals surface area contributed by atoms with Crippen molar-refractivity contribution in [1.29, 1.82) is 0 Å². The first-order valence-corrected chi connectivity index (χ1v) is 14.5. The second-order valence-corrected chi connectivity index (χ2v) is 12.7. The number of hydrogen-bond donors (Lipinski definition) is 1. The number of anilines is 1. The molecule has 3 aromatic carbocycles. The van der Waals surface area contributed by atoms with Crippen molar-refractivity contribution in [3.8, 4) is 0 Å². The van der Waals surface area contributed by atoms with Crippen LogP contribution < -0.4 is 9.62 Å². The Morgan fingerprint density at radius 3 is 2.06 bits per heavy atom. The summed E-state index contributed by atoms with van der Waals surface area (Å²) in [5.41, 5.74) is 1.60. The predicted molar refractivity (Wildman–Crippen MR) is 138 cm³/mol. The summed E-state index contributed by atoms with van der Waals surface area (Å²) < 4.78 is 51.3. The number of nitrogens with one attached hydrogen (secondary N) is 1. The van der Waals surface area contributed by atoms with Crippen LogP contribution in [0.5, 0.6) is 0 Å². The monoisotopic (exact) mass is 554 g/mol. The van der Waals surface area contributed by atoms with E-state index in [-0.39, 0.29) is 25.5 Å². The zero-order chi connectivity index (χ0) is 26.0. The highest BCUT2D eigenvalue weighted by Gasteiger charge is 2.29. The van der Waals surface area contributed by atoms with Crippen LogP contribution >= 0.6 is 23.2 Å². The smallest absolute Gasteiger partial charge is 0.264 e. The molecule has 0 saturated carbocycles. The number of sulfonamides is 1. The third-order valence-electron chi connectivity index (χ3n) is 5.28. The number of amides is 1. The Kier molecular flexibility index (Phi) is 8.16. The maximum absolute atomic E-state index is 13.5. The number of halogens is 2. The van der Waals surface area contributed by atoms with E-state index in [0.29, 0.717) is 5.56 Å². The minimum absolute atomic E-state index is 0.00191. The summed E-state index contributed by atoms with van der Waals surface area (Å²) in [6, 6.07) is 16.3. The molecule has 1 atom stereocenters. The van der Waals surface area contributed by atoms with Crippen molar-refractivity contribution >= 4 is 54.7 Å². The topological polar surface area (TPSA) is 101 Å². The van der Waals surface area contributed by atoms with Gasteiger partial charge in [-0.15, -0.1) is 0 Å². The number of rotatable bonds is 8. The van der Waals surface area contributed by atoms with E-state index in [4.69, 9.17) is 23.2 Å². The Morgan fingerprint density at radius 1 is 0.914 bits per heavy atom. The molecule has 7 nitrogen and oxygen atoms in total. The zero-order valence-electron chi connectivity index (χ0n) is 19.2. The summed E-state index contributed by atoms with van der Waals surface area (Å²) in [4.78, 5) is 13.1. The van der Waals surface area contributed by atoms with E-state index in [1.54, 1.807) is 37.3 Å². The van der Waals surface area contributed by atoms with E-state index >= 15 is 0 Å². The molecule has 0 spiro atoms. The van der Waals surface area contributed by atoms with Gasteiger partial charge < -0.3 is 5.32 Å². The van der Waals surface area contributed by atoms with Crippen LogP contribution in [0.3, 0.4) is 0 Å². The minimum Gasteiger partial charge on any atom is -0.348 e. The minimum atomic E-state index is -4.16. The summed E-state index contributed by atoms with van der Waals surface area (Å²) >= 11 is 12.4. The van der Waals surface area contributed by atoms with Crippen molar-refractivity contribution in [3.05, 3.63) is 87.9 Å². The van der Waals surface area contributed by atoms with Gasteiger partial charge in [-0.05, 0) is 55.8 Å². The number of aryl methyl sites for hydroxylation is 1. The molecule has 0 aliphatic heterocycles. The van der Waals surface area contributed by atoms with Crippen LogP contribution in [0.2, 0.25) is 10.0 Å². The van der Waals surface area contributed by atoms with Gasteiger partial charge >= 0.3 is 0 Å². The molecule has 0 unspecified atom stereocenters. The Balaban J connectivity index is 1.91.